The smallest absolute Gasteiger partial charge is 0.209 e. The van der Waals surface area contributed by atoms with E-state index in [1.165, 1.54) is 5.01 Å². The number of halogens is 1. The number of aldehydes is 1. The van der Waals surface area contributed by atoms with E-state index in [2.05, 4.69) is 18.7 Å². The van der Waals surface area contributed by atoms with Crippen LogP contribution in [0, 0.1) is 5.41 Å². The van der Waals surface area contributed by atoms with Crippen LogP contribution >= 0.6 is 12.4 Å². The molecule has 2 rings (SSSR count). The zero-order valence-electron chi connectivity index (χ0n) is 17.0. The van der Waals surface area contributed by atoms with Crippen molar-refractivity contribution in [1.82, 2.24) is 9.91 Å². The molecule has 0 saturated carbocycles. The number of nitrogens with two attached hydrogens (primary N) is 1. The van der Waals surface area contributed by atoms with Crippen molar-refractivity contribution in [2.45, 2.75) is 33.2 Å². The molecule has 0 aromatic heterocycles. The summed E-state index contributed by atoms with van der Waals surface area (Å²) in [6, 6.07) is 17.2. The Morgan fingerprint density at radius 3 is 2.10 bits per heavy atom. The molecule has 0 radical (unpaired) electrons. The summed E-state index contributed by atoms with van der Waals surface area (Å²) in [6.07, 6.45) is 2.78. The summed E-state index contributed by atoms with van der Waals surface area (Å²) in [4.78, 5) is 13.2. The van der Waals surface area contributed by atoms with Gasteiger partial charge >= 0.3 is 0 Å². The molecule has 0 amide bonds. The van der Waals surface area contributed by atoms with Crippen LogP contribution in [0.15, 0.2) is 59.7 Å². The van der Waals surface area contributed by atoms with Crippen molar-refractivity contribution in [3.05, 3.63) is 71.3 Å². The predicted octanol–water partition coefficient (Wildman–Crippen LogP) is 4.10. The maximum absolute atomic E-state index is 11.0. The van der Waals surface area contributed by atoms with Gasteiger partial charge in [-0.2, -0.15) is 5.10 Å². The minimum absolute atomic E-state index is 0. The van der Waals surface area contributed by atoms with Crippen molar-refractivity contribution in [2.75, 3.05) is 13.1 Å². The maximum Gasteiger partial charge on any atom is 0.209 e. The summed E-state index contributed by atoms with van der Waals surface area (Å²) in [5.74, 6) is 0.645. The molecule has 7 heteroatoms. The van der Waals surface area contributed by atoms with Gasteiger partial charge in [0, 0.05) is 24.2 Å². The van der Waals surface area contributed by atoms with Crippen LogP contribution in [0.25, 0.3) is 0 Å². The molecule has 2 aromatic carbocycles. The largest absolute Gasteiger partial charge is 0.369 e. The molecule has 0 fully saturated rings. The van der Waals surface area contributed by atoms with Gasteiger partial charge in [-0.25, -0.2) is 5.01 Å². The van der Waals surface area contributed by atoms with Crippen LogP contribution in [0.2, 0.25) is 0 Å². The first-order valence-electron chi connectivity index (χ1n) is 9.63. The van der Waals surface area contributed by atoms with E-state index in [1.807, 2.05) is 42.5 Å². The second-order valence-electron chi connectivity index (χ2n) is 6.58. The Labute approximate surface area is 179 Å². The first-order chi connectivity index (χ1) is 13.6. The quantitative estimate of drug-likeness (QED) is 0.279. The van der Waals surface area contributed by atoms with Crippen LogP contribution in [0.5, 0.6) is 0 Å². The minimum atomic E-state index is -0.112. The number of amidine groups is 1. The molecule has 0 atom stereocenters. The van der Waals surface area contributed by atoms with Gasteiger partial charge in [0.15, 0.2) is 5.84 Å². The first-order valence-corrected chi connectivity index (χ1v) is 9.63. The average Bonchev–Trinajstić information content (AvgIpc) is 2.72. The number of benzene rings is 2. The van der Waals surface area contributed by atoms with Crippen LogP contribution < -0.4 is 5.73 Å². The summed E-state index contributed by atoms with van der Waals surface area (Å²) in [6.45, 7) is 6.36. The van der Waals surface area contributed by atoms with Crippen LogP contribution in [0.1, 0.15) is 48.2 Å². The molecule has 3 N–H and O–H groups in total. The summed E-state index contributed by atoms with van der Waals surface area (Å²) < 4.78 is 0. The van der Waals surface area contributed by atoms with Gasteiger partial charge in [0.2, 0.25) is 5.96 Å². The predicted molar refractivity (Wildman–Crippen MR) is 122 cm³/mol. The fourth-order valence-electron chi connectivity index (χ4n) is 2.92. The first kappa shape index (κ1) is 24.2. The molecule has 0 spiro atoms. The monoisotopic (exact) mass is 415 g/mol. The molecule has 0 aliphatic heterocycles. The lowest BCUT2D eigenvalue weighted by Gasteiger charge is -2.28. The van der Waals surface area contributed by atoms with Crippen molar-refractivity contribution in [3.8, 4) is 0 Å². The van der Waals surface area contributed by atoms with Gasteiger partial charge in [-0.15, -0.1) is 12.4 Å². The van der Waals surface area contributed by atoms with Crippen LogP contribution in [0.4, 0.5) is 0 Å². The molecule has 2 aromatic rings. The Morgan fingerprint density at radius 2 is 1.62 bits per heavy atom. The molecular formula is C22H30ClN5O. The van der Waals surface area contributed by atoms with E-state index in [0.29, 0.717) is 12.1 Å². The number of carbonyl (C=O) groups excluding carboxylic acids is 1. The number of nitrogens with zero attached hydrogens (tertiary/aromatic N) is 3. The number of hydrogen-bond donors (Lipinski definition) is 2. The molecule has 6 nitrogen and oxygen atoms in total. The summed E-state index contributed by atoms with van der Waals surface area (Å²) >= 11 is 0. The van der Waals surface area contributed by atoms with E-state index < -0.39 is 0 Å². The van der Waals surface area contributed by atoms with Gasteiger partial charge in [0.25, 0.3) is 0 Å². The molecule has 0 saturated heterocycles. The molecule has 29 heavy (non-hydrogen) atoms. The zero-order valence-corrected chi connectivity index (χ0v) is 17.9. The Kier molecular flexibility index (Phi) is 10.5. The fourth-order valence-corrected chi connectivity index (χ4v) is 2.92. The third kappa shape index (κ3) is 7.23. The van der Waals surface area contributed by atoms with Crippen LogP contribution in [0.3, 0.4) is 0 Å². The number of nitrogens with one attached hydrogen (secondary N) is 1. The lowest BCUT2D eigenvalue weighted by atomic mass is 10.1. The molecule has 0 heterocycles. The number of hydrazone groups is 1. The van der Waals surface area contributed by atoms with Crippen molar-refractivity contribution in [1.29, 1.82) is 5.41 Å². The van der Waals surface area contributed by atoms with Crippen molar-refractivity contribution in [3.63, 3.8) is 0 Å². The summed E-state index contributed by atoms with van der Waals surface area (Å²) in [5, 5.41) is 14.3. The third-order valence-corrected chi connectivity index (χ3v) is 4.26. The number of carbonyl (C=O) groups is 1. The van der Waals surface area contributed by atoms with E-state index in [-0.39, 0.29) is 18.4 Å². The van der Waals surface area contributed by atoms with Crippen LogP contribution in [-0.4, -0.2) is 41.1 Å². The second-order valence-corrected chi connectivity index (χ2v) is 6.58. The van der Waals surface area contributed by atoms with Gasteiger partial charge < -0.3 is 10.6 Å². The highest BCUT2D eigenvalue weighted by atomic mass is 35.5. The van der Waals surface area contributed by atoms with Gasteiger partial charge in [-0.1, -0.05) is 68.4 Å². The summed E-state index contributed by atoms with van der Waals surface area (Å²) in [5.41, 5.74) is 8.38. The highest BCUT2D eigenvalue weighted by Gasteiger charge is 2.16. The number of guanidine groups is 1. The Morgan fingerprint density at radius 1 is 1.03 bits per heavy atom. The average molecular weight is 416 g/mol. The third-order valence-electron chi connectivity index (χ3n) is 4.26. The topological polar surface area (TPSA) is 85.8 Å². The van der Waals surface area contributed by atoms with Crippen molar-refractivity contribution < 1.29 is 4.79 Å². The van der Waals surface area contributed by atoms with Crippen LogP contribution in [-0.2, 0) is 6.54 Å². The van der Waals surface area contributed by atoms with Gasteiger partial charge in [-0.05, 0) is 18.4 Å². The van der Waals surface area contributed by atoms with Gasteiger partial charge in [0.05, 0.1) is 6.54 Å². The van der Waals surface area contributed by atoms with Crippen molar-refractivity contribution >= 4 is 30.5 Å². The summed E-state index contributed by atoms with van der Waals surface area (Å²) in [7, 11) is 0. The standard InChI is InChI=1S/C22H29N5O.ClH/c1-3-14-26(15-4-2)21(20-12-10-19(17-28)11-13-20)25-27(22(23)24)16-18-8-6-5-7-9-18;/h5-13,17H,3-4,14-16H2,1-2H3,(H3,23,24);1H. The van der Waals surface area contributed by atoms with E-state index in [1.54, 1.807) is 12.1 Å². The molecular weight excluding hydrogens is 386 g/mol. The second kappa shape index (κ2) is 12.6. The number of hydrogen-bond acceptors (Lipinski definition) is 3. The zero-order chi connectivity index (χ0) is 20.4. The van der Waals surface area contributed by atoms with Crippen molar-refractivity contribution in [2.24, 2.45) is 10.8 Å². The van der Waals surface area contributed by atoms with Gasteiger partial charge in [-0.3, -0.25) is 10.2 Å². The Bertz CT molecular complexity index is 787. The van der Waals surface area contributed by atoms with Gasteiger partial charge in [0.1, 0.15) is 6.29 Å². The fraction of sp³-hybridized carbons (Fsp3) is 0.318. The molecule has 0 bridgehead atoms. The van der Waals surface area contributed by atoms with E-state index in [4.69, 9.17) is 16.2 Å². The molecule has 0 aliphatic rings. The minimum Gasteiger partial charge on any atom is -0.369 e. The van der Waals surface area contributed by atoms with E-state index >= 15 is 0 Å². The Hall–Kier alpha value is -2.86. The van der Waals surface area contributed by atoms with E-state index in [0.717, 1.165) is 49.2 Å². The van der Waals surface area contributed by atoms with E-state index in [9.17, 15) is 4.79 Å². The lowest BCUT2D eigenvalue weighted by Crippen LogP contribution is -2.38. The molecule has 0 aliphatic carbocycles. The molecule has 0 unspecified atom stereocenters. The Balaban J connectivity index is 0.00000420. The lowest BCUT2D eigenvalue weighted by molar-refractivity contribution is 0.112. The maximum atomic E-state index is 11.0. The molecule has 156 valence electrons. The normalized spacial score (nSPS) is 10.8. The highest BCUT2D eigenvalue weighted by Crippen LogP contribution is 2.13. The highest BCUT2D eigenvalue weighted by molar-refractivity contribution is 5.99. The number of rotatable bonds is 9. The SMILES string of the molecule is CCCN(CCC)C(=NN(Cc1ccccc1)C(=N)N)c1ccc(C=O)cc1.Cl.